The minimum atomic E-state index is -0.217. The lowest BCUT2D eigenvalue weighted by atomic mass is 9.86. The third-order valence-corrected chi connectivity index (χ3v) is 3.66. The molecule has 1 amide bonds. The highest BCUT2D eigenvalue weighted by Crippen LogP contribution is 2.30. The largest absolute Gasteiger partial charge is 0.489 e. The molecule has 0 saturated carbocycles. The number of carbonyl (C=O) groups is 1. The molecule has 0 aliphatic heterocycles. The van der Waals surface area contributed by atoms with Gasteiger partial charge in [0.1, 0.15) is 18.1 Å². The normalized spacial score (nSPS) is 10.9. The average molecular weight is 353 g/mol. The molecule has 0 fully saturated rings. The van der Waals surface area contributed by atoms with E-state index in [-0.39, 0.29) is 17.9 Å². The Kier molecular flexibility index (Phi) is 6.45. The average Bonchev–Trinajstić information content (AvgIpc) is 2.58. The van der Waals surface area contributed by atoms with Crippen molar-refractivity contribution in [3.8, 4) is 11.5 Å². The van der Waals surface area contributed by atoms with Gasteiger partial charge in [0.2, 0.25) is 0 Å². The molecular weight excluding hydrogens is 326 g/mol. The van der Waals surface area contributed by atoms with Crippen molar-refractivity contribution in [3.05, 3.63) is 66.2 Å². The second-order valence-corrected chi connectivity index (χ2v) is 7.36. The molecule has 2 rings (SSSR count). The summed E-state index contributed by atoms with van der Waals surface area (Å²) in [5.41, 5.74) is 2.62. The number of carbonyl (C=O) groups excluding carboxylic acids is 1. The van der Waals surface area contributed by atoms with Crippen LogP contribution in [0.1, 0.15) is 33.3 Å². The summed E-state index contributed by atoms with van der Waals surface area (Å²) in [4.78, 5) is 12.2. The van der Waals surface area contributed by atoms with Crippen molar-refractivity contribution in [3.63, 3.8) is 0 Å². The number of ether oxygens (including phenoxy) is 2. The van der Waals surface area contributed by atoms with Crippen molar-refractivity contribution >= 4 is 11.6 Å². The van der Waals surface area contributed by atoms with Crippen LogP contribution in [0, 0.1) is 0 Å². The zero-order valence-corrected chi connectivity index (χ0v) is 16.0. The molecule has 4 heteroatoms. The molecule has 0 bridgehead atoms. The van der Waals surface area contributed by atoms with E-state index in [1.807, 2.05) is 49.4 Å². The Morgan fingerprint density at radius 3 is 2.46 bits per heavy atom. The predicted molar refractivity (Wildman–Crippen MR) is 106 cm³/mol. The molecule has 0 aromatic heterocycles. The maximum absolute atomic E-state index is 12.2. The fourth-order valence-electron chi connectivity index (χ4n) is 2.42. The van der Waals surface area contributed by atoms with Gasteiger partial charge < -0.3 is 14.8 Å². The Morgan fingerprint density at radius 1 is 1.04 bits per heavy atom. The van der Waals surface area contributed by atoms with E-state index in [0.717, 1.165) is 16.9 Å². The maximum atomic E-state index is 12.2. The van der Waals surface area contributed by atoms with Gasteiger partial charge in [0.25, 0.3) is 5.91 Å². The SMILES string of the molecule is C=C(C)COc1cccc(NC(=O)COc2ccccc2C(C)(C)C)c1. The van der Waals surface area contributed by atoms with Gasteiger partial charge in [-0.15, -0.1) is 0 Å². The van der Waals surface area contributed by atoms with E-state index in [1.54, 1.807) is 6.07 Å². The molecule has 0 atom stereocenters. The van der Waals surface area contributed by atoms with Crippen LogP contribution in [0.2, 0.25) is 0 Å². The smallest absolute Gasteiger partial charge is 0.262 e. The van der Waals surface area contributed by atoms with Gasteiger partial charge >= 0.3 is 0 Å². The highest BCUT2D eigenvalue weighted by molar-refractivity contribution is 5.92. The van der Waals surface area contributed by atoms with Crippen molar-refractivity contribution in [2.24, 2.45) is 0 Å². The molecule has 138 valence electrons. The zero-order chi connectivity index (χ0) is 19.2. The number of hydrogen-bond donors (Lipinski definition) is 1. The van der Waals surface area contributed by atoms with Crippen molar-refractivity contribution in [2.75, 3.05) is 18.5 Å². The fourth-order valence-corrected chi connectivity index (χ4v) is 2.42. The number of anilines is 1. The zero-order valence-electron chi connectivity index (χ0n) is 16.0. The van der Waals surface area contributed by atoms with E-state index in [4.69, 9.17) is 9.47 Å². The molecule has 2 aromatic carbocycles. The lowest BCUT2D eigenvalue weighted by molar-refractivity contribution is -0.118. The van der Waals surface area contributed by atoms with Gasteiger partial charge in [-0.2, -0.15) is 0 Å². The van der Waals surface area contributed by atoms with Crippen LogP contribution in [0.3, 0.4) is 0 Å². The summed E-state index contributed by atoms with van der Waals surface area (Å²) in [5, 5.41) is 2.83. The number of amides is 1. The van der Waals surface area contributed by atoms with Crippen LogP contribution in [0.25, 0.3) is 0 Å². The van der Waals surface area contributed by atoms with Gasteiger partial charge in [0, 0.05) is 11.8 Å². The predicted octanol–water partition coefficient (Wildman–Crippen LogP) is 4.96. The van der Waals surface area contributed by atoms with Crippen LogP contribution in [0.5, 0.6) is 11.5 Å². The summed E-state index contributed by atoms with van der Waals surface area (Å²) in [7, 11) is 0. The van der Waals surface area contributed by atoms with Gasteiger partial charge in [-0.25, -0.2) is 0 Å². The van der Waals surface area contributed by atoms with Crippen LogP contribution >= 0.6 is 0 Å². The summed E-state index contributed by atoms with van der Waals surface area (Å²) < 4.78 is 11.3. The minimum Gasteiger partial charge on any atom is -0.489 e. The highest BCUT2D eigenvalue weighted by Gasteiger charge is 2.18. The summed E-state index contributed by atoms with van der Waals surface area (Å²) in [6.45, 7) is 12.5. The van der Waals surface area contributed by atoms with Gasteiger partial charge in [-0.1, -0.05) is 51.6 Å². The van der Waals surface area contributed by atoms with E-state index < -0.39 is 0 Å². The topological polar surface area (TPSA) is 47.6 Å². The lowest BCUT2D eigenvalue weighted by Gasteiger charge is -2.22. The summed E-state index contributed by atoms with van der Waals surface area (Å²) in [5.74, 6) is 1.20. The molecular formula is C22H27NO3. The van der Waals surface area contributed by atoms with E-state index in [0.29, 0.717) is 18.0 Å². The quantitative estimate of drug-likeness (QED) is 0.716. The molecule has 0 saturated heterocycles. The molecule has 0 aliphatic carbocycles. The Labute approximate surface area is 155 Å². The third kappa shape index (κ3) is 5.96. The Balaban J connectivity index is 1.96. The number of nitrogens with one attached hydrogen (secondary N) is 1. The minimum absolute atomic E-state index is 0.0516. The van der Waals surface area contributed by atoms with Crippen molar-refractivity contribution in [1.29, 1.82) is 0 Å². The standard InChI is InChI=1S/C22H27NO3/c1-16(2)14-25-18-10-8-9-17(13-18)23-21(24)15-26-20-12-7-6-11-19(20)22(3,4)5/h6-13H,1,14-15H2,2-5H3,(H,23,24). The number of hydrogen-bond acceptors (Lipinski definition) is 3. The van der Waals surface area contributed by atoms with Gasteiger partial charge in [0.05, 0.1) is 0 Å². The maximum Gasteiger partial charge on any atom is 0.262 e. The first-order chi connectivity index (χ1) is 12.3. The summed E-state index contributed by atoms with van der Waals surface area (Å²) in [6.07, 6.45) is 0. The lowest BCUT2D eigenvalue weighted by Crippen LogP contribution is -2.22. The van der Waals surface area contributed by atoms with Crippen LogP contribution in [-0.2, 0) is 10.2 Å². The Hall–Kier alpha value is -2.75. The van der Waals surface area contributed by atoms with Crippen molar-refractivity contribution in [1.82, 2.24) is 0 Å². The van der Waals surface area contributed by atoms with E-state index >= 15 is 0 Å². The van der Waals surface area contributed by atoms with E-state index in [9.17, 15) is 4.79 Å². The summed E-state index contributed by atoms with van der Waals surface area (Å²) in [6, 6.07) is 15.1. The van der Waals surface area contributed by atoms with Gasteiger partial charge in [0.15, 0.2) is 6.61 Å². The van der Waals surface area contributed by atoms with Crippen molar-refractivity contribution in [2.45, 2.75) is 33.1 Å². The van der Waals surface area contributed by atoms with Crippen LogP contribution < -0.4 is 14.8 Å². The molecule has 0 aliphatic rings. The molecule has 0 radical (unpaired) electrons. The second-order valence-electron chi connectivity index (χ2n) is 7.36. The van der Waals surface area contributed by atoms with Gasteiger partial charge in [-0.3, -0.25) is 4.79 Å². The first-order valence-electron chi connectivity index (χ1n) is 8.65. The summed E-state index contributed by atoms with van der Waals surface area (Å²) >= 11 is 0. The van der Waals surface area contributed by atoms with E-state index in [1.165, 1.54) is 0 Å². The first-order valence-corrected chi connectivity index (χ1v) is 8.65. The highest BCUT2D eigenvalue weighted by atomic mass is 16.5. The third-order valence-electron chi connectivity index (χ3n) is 3.66. The van der Waals surface area contributed by atoms with E-state index in [2.05, 4.69) is 32.7 Å². The number of rotatable bonds is 7. The second kappa shape index (κ2) is 8.56. The molecule has 0 unspecified atom stereocenters. The van der Waals surface area contributed by atoms with Crippen LogP contribution in [-0.4, -0.2) is 19.1 Å². The fraction of sp³-hybridized carbons (Fsp3) is 0.318. The van der Waals surface area contributed by atoms with Crippen LogP contribution in [0.4, 0.5) is 5.69 Å². The first kappa shape index (κ1) is 19.6. The Morgan fingerprint density at radius 2 is 1.77 bits per heavy atom. The molecule has 2 aromatic rings. The molecule has 0 heterocycles. The van der Waals surface area contributed by atoms with Crippen LogP contribution in [0.15, 0.2) is 60.7 Å². The van der Waals surface area contributed by atoms with Crippen molar-refractivity contribution < 1.29 is 14.3 Å². The van der Waals surface area contributed by atoms with Gasteiger partial charge in [-0.05, 0) is 41.7 Å². The number of para-hydroxylation sites is 1. The molecule has 0 spiro atoms. The number of benzene rings is 2. The molecule has 1 N–H and O–H groups in total. The Bertz CT molecular complexity index is 775. The molecule has 4 nitrogen and oxygen atoms in total. The molecule has 26 heavy (non-hydrogen) atoms. The monoisotopic (exact) mass is 353 g/mol.